The van der Waals surface area contributed by atoms with E-state index in [9.17, 15) is 9.59 Å². The Labute approximate surface area is 252 Å². The predicted molar refractivity (Wildman–Crippen MR) is 168 cm³/mol. The normalized spacial score (nSPS) is 13.9. The fraction of sp³-hybridized carbons (Fsp3) is 0.459. The molecule has 0 N–H and O–H groups in total. The molecule has 0 amide bonds. The minimum absolute atomic E-state index is 0.0125. The van der Waals surface area contributed by atoms with Gasteiger partial charge in [0.1, 0.15) is 18.0 Å². The van der Waals surface area contributed by atoms with Crippen molar-refractivity contribution in [1.82, 2.24) is 0 Å². The van der Waals surface area contributed by atoms with Crippen LogP contribution >= 0.6 is 0 Å². The summed E-state index contributed by atoms with van der Waals surface area (Å²) in [5, 5.41) is 0. The molecule has 0 aromatic heterocycles. The van der Waals surface area contributed by atoms with E-state index in [2.05, 4.69) is 38.1 Å². The Balaban J connectivity index is 0.000000230. The van der Waals surface area contributed by atoms with Crippen molar-refractivity contribution in [3.05, 3.63) is 102 Å². The van der Waals surface area contributed by atoms with Crippen molar-refractivity contribution in [1.29, 1.82) is 0 Å². The Hall–Kier alpha value is -3.60. The number of esters is 2. The summed E-state index contributed by atoms with van der Waals surface area (Å²) in [6, 6.07) is 28.0. The quantitative estimate of drug-likeness (QED) is 0.192. The molecule has 0 radical (unpaired) electrons. The van der Waals surface area contributed by atoms with E-state index in [4.69, 9.17) is 14.2 Å². The van der Waals surface area contributed by atoms with Crippen molar-refractivity contribution >= 4 is 11.9 Å². The summed E-state index contributed by atoms with van der Waals surface area (Å²) in [6.07, 6.45) is 10.2. The number of carbonyl (C=O) groups is 2. The average Bonchev–Trinajstić information content (AvgIpc) is 3.02. The molecule has 5 nitrogen and oxygen atoms in total. The van der Waals surface area contributed by atoms with Gasteiger partial charge in [-0.05, 0) is 86.1 Å². The van der Waals surface area contributed by atoms with Crippen LogP contribution in [0.1, 0.15) is 88.3 Å². The van der Waals surface area contributed by atoms with Gasteiger partial charge in [-0.1, -0.05) is 93.1 Å². The van der Waals surface area contributed by atoms with Crippen LogP contribution in [0.2, 0.25) is 0 Å². The van der Waals surface area contributed by atoms with Crippen LogP contribution in [0.4, 0.5) is 0 Å². The van der Waals surface area contributed by atoms with Crippen molar-refractivity contribution in [2.75, 3.05) is 7.11 Å². The van der Waals surface area contributed by atoms with Gasteiger partial charge in [0.15, 0.2) is 0 Å². The van der Waals surface area contributed by atoms with Gasteiger partial charge >= 0.3 is 11.9 Å². The lowest BCUT2D eigenvalue weighted by molar-refractivity contribution is -0.169. The van der Waals surface area contributed by atoms with Crippen LogP contribution in [-0.2, 0) is 38.5 Å². The molecule has 42 heavy (non-hydrogen) atoms. The van der Waals surface area contributed by atoms with Crippen LogP contribution in [0.25, 0.3) is 0 Å². The van der Waals surface area contributed by atoms with Crippen LogP contribution in [0.5, 0.6) is 5.75 Å². The first-order valence-corrected chi connectivity index (χ1v) is 15.5. The molecular formula is C37H48O5. The summed E-state index contributed by atoms with van der Waals surface area (Å²) in [5.41, 5.74) is 3.32. The van der Waals surface area contributed by atoms with E-state index in [1.165, 1.54) is 30.4 Å². The lowest BCUT2D eigenvalue weighted by Gasteiger charge is -2.40. The molecule has 3 aromatic rings. The Morgan fingerprint density at radius 2 is 1.21 bits per heavy atom. The van der Waals surface area contributed by atoms with Gasteiger partial charge in [-0.3, -0.25) is 9.59 Å². The molecule has 4 rings (SSSR count). The molecule has 1 saturated carbocycles. The van der Waals surface area contributed by atoms with Crippen molar-refractivity contribution < 1.29 is 23.8 Å². The molecule has 0 spiro atoms. The zero-order chi connectivity index (χ0) is 30.0. The highest BCUT2D eigenvalue weighted by Crippen LogP contribution is 2.38. The number of aryl methyl sites for hydroxylation is 2. The summed E-state index contributed by atoms with van der Waals surface area (Å²) in [4.78, 5) is 23.9. The van der Waals surface area contributed by atoms with Crippen LogP contribution < -0.4 is 4.74 Å². The first-order valence-electron chi connectivity index (χ1n) is 15.5. The minimum Gasteiger partial charge on any atom is -0.497 e. The third kappa shape index (κ3) is 11.7. The van der Waals surface area contributed by atoms with E-state index in [0.29, 0.717) is 25.4 Å². The highest BCUT2D eigenvalue weighted by atomic mass is 16.6. The molecule has 1 fully saturated rings. The summed E-state index contributed by atoms with van der Waals surface area (Å²) in [6.45, 7) is 4.68. The molecule has 0 unspecified atom stereocenters. The van der Waals surface area contributed by atoms with Gasteiger partial charge in [-0.15, -0.1) is 0 Å². The number of hydrogen-bond donors (Lipinski definition) is 0. The van der Waals surface area contributed by atoms with E-state index in [1.54, 1.807) is 7.11 Å². The first kappa shape index (κ1) is 32.9. The molecule has 226 valence electrons. The maximum absolute atomic E-state index is 12.2. The summed E-state index contributed by atoms with van der Waals surface area (Å²) in [7, 11) is 1.63. The molecule has 0 bridgehead atoms. The number of ether oxygens (including phenoxy) is 3. The summed E-state index contributed by atoms with van der Waals surface area (Å²) < 4.78 is 16.3. The molecule has 0 saturated heterocycles. The van der Waals surface area contributed by atoms with Crippen LogP contribution in [0.15, 0.2) is 84.9 Å². The maximum Gasteiger partial charge on any atom is 0.306 e. The predicted octanol–water partition coefficient (Wildman–Crippen LogP) is 8.67. The molecule has 1 aliphatic carbocycles. The Kier molecular flexibility index (Phi) is 14.1. The zero-order valence-corrected chi connectivity index (χ0v) is 25.7. The smallest absolute Gasteiger partial charge is 0.306 e. The van der Waals surface area contributed by atoms with Gasteiger partial charge in [-0.2, -0.15) is 0 Å². The molecule has 0 aliphatic heterocycles. The van der Waals surface area contributed by atoms with Crippen molar-refractivity contribution in [2.24, 2.45) is 5.92 Å². The number of methoxy groups -OCH3 is 1. The second kappa shape index (κ2) is 18.0. The number of rotatable bonds is 13. The Morgan fingerprint density at radius 1 is 0.690 bits per heavy atom. The largest absolute Gasteiger partial charge is 0.497 e. The fourth-order valence-corrected chi connectivity index (χ4v) is 5.35. The third-order valence-corrected chi connectivity index (χ3v) is 8.01. The fourth-order valence-electron chi connectivity index (χ4n) is 5.35. The zero-order valence-electron chi connectivity index (χ0n) is 25.7. The maximum atomic E-state index is 12.2. The van der Waals surface area contributed by atoms with Crippen LogP contribution in [0, 0.1) is 5.92 Å². The average molecular weight is 573 g/mol. The minimum atomic E-state index is -0.192. The van der Waals surface area contributed by atoms with Gasteiger partial charge in [0.05, 0.1) is 7.11 Å². The molecule has 1 aliphatic rings. The van der Waals surface area contributed by atoms with E-state index < -0.39 is 0 Å². The van der Waals surface area contributed by atoms with Crippen molar-refractivity contribution in [2.45, 2.75) is 96.7 Å². The lowest BCUT2D eigenvalue weighted by atomic mass is 9.77. The summed E-state index contributed by atoms with van der Waals surface area (Å²) in [5.74, 6) is 1.05. The number of benzene rings is 3. The third-order valence-electron chi connectivity index (χ3n) is 8.01. The second-order valence-corrected chi connectivity index (χ2v) is 11.4. The first-order chi connectivity index (χ1) is 20.4. The van der Waals surface area contributed by atoms with Gasteiger partial charge in [0.25, 0.3) is 0 Å². The monoisotopic (exact) mass is 572 g/mol. The standard InChI is InChI=1S/C19H28O2.C18H20O3/c1-16(2)19(14-7-4-8-15-19)21-18(20)13-9-12-17-10-5-3-6-11-17;1-20-17-12-10-16(11-13-17)14-21-18(19)9-5-8-15-6-3-2-4-7-15/h3,5-6,10-11,16H,4,7-9,12-15H2,1-2H3;2-4,6-7,10-13H,5,8-9,14H2,1H3. The van der Waals surface area contributed by atoms with E-state index in [1.807, 2.05) is 60.7 Å². The van der Waals surface area contributed by atoms with Crippen LogP contribution in [-0.4, -0.2) is 24.6 Å². The molecule has 0 heterocycles. The van der Waals surface area contributed by atoms with Crippen molar-refractivity contribution in [3.63, 3.8) is 0 Å². The molecule has 0 atom stereocenters. The highest BCUT2D eigenvalue weighted by molar-refractivity contribution is 5.70. The van der Waals surface area contributed by atoms with E-state index in [-0.39, 0.29) is 17.5 Å². The topological polar surface area (TPSA) is 61.8 Å². The van der Waals surface area contributed by atoms with Gasteiger partial charge in [0, 0.05) is 12.8 Å². The highest BCUT2D eigenvalue weighted by Gasteiger charge is 2.38. The Morgan fingerprint density at radius 3 is 1.71 bits per heavy atom. The van der Waals surface area contributed by atoms with E-state index >= 15 is 0 Å². The van der Waals surface area contributed by atoms with E-state index in [0.717, 1.165) is 49.8 Å². The Bertz CT molecular complexity index is 1170. The molecular weight excluding hydrogens is 524 g/mol. The van der Waals surface area contributed by atoms with Crippen LogP contribution in [0.3, 0.4) is 0 Å². The van der Waals surface area contributed by atoms with Gasteiger partial charge in [-0.25, -0.2) is 0 Å². The van der Waals surface area contributed by atoms with Gasteiger partial charge in [0.2, 0.25) is 0 Å². The second-order valence-electron chi connectivity index (χ2n) is 11.4. The number of carbonyl (C=O) groups excluding carboxylic acids is 2. The van der Waals surface area contributed by atoms with Crippen molar-refractivity contribution in [3.8, 4) is 5.75 Å². The van der Waals surface area contributed by atoms with Gasteiger partial charge < -0.3 is 14.2 Å². The lowest BCUT2D eigenvalue weighted by Crippen LogP contribution is -2.42. The number of hydrogen-bond acceptors (Lipinski definition) is 5. The SMILES string of the molecule is CC(C)C1(OC(=O)CCCc2ccccc2)CCCCC1.COc1ccc(COC(=O)CCCc2ccccc2)cc1. The molecule has 5 heteroatoms. The summed E-state index contributed by atoms with van der Waals surface area (Å²) >= 11 is 0. The molecule has 3 aromatic carbocycles.